The van der Waals surface area contributed by atoms with Gasteiger partial charge >= 0.3 is 0 Å². The molecule has 3 rings (SSSR count). The van der Waals surface area contributed by atoms with Crippen molar-refractivity contribution in [2.45, 2.75) is 40.5 Å². The second-order valence-corrected chi connectivity index (χ2v) is 6.96. The zero-order valence-corrected chi connectivity index (χ0v) is 17.5. The van der Waals surface area contributed by atoms with E-state index in [-0.39, 0.29) is 5.91 Å². The molecule has 3 aromatic rings. The molecule has 5 heteroatoms. The summed E-state index contributed by atoms with van der Waals surface area (Å²) >= 11 is 0. The Morgan fingerprint density at radius 1 is 1.00 bits per heavy atom. The van der Waals surface area contributed by atoms with Crippen LogP contribution in [0.1, 0.15) is 48.0 Å². The number of rotatable bonds is 10. The lowest BCUT2D eigenvalue weighted by molar-refractivity contribution is 0.0912. The Morgan fingerprint density at radius 2 is 1.69 bits per heavy atom. The Balaban J connectivity index is 1.78. The topological polar surface area (TPSA) is 54.7 Å². The van der Waals surface area contributed by atoms with Crippen molar-refractivity contribution >= 4 is 16.9 Å². The zero-order chi connectivity index (χ0) is 20.6. The highest BCUT2D eigenvalue weighted by Gasteiger charge is 2.20. The summed E-state index contributed by atoms with van der Waals surface area (Å²) in [6.45, 7) is 10.5. The number of carbonyl (C=O) groups is 1. The quantitative estimate of drug-likeness (QED) is 0.540. The molecule has 0 saturated carbocycles. The van der Waals surface area contributed by atoms with E-state index in [1.807, 2.05) is 43.3 Å². The first-order valence-corrected chi connectivity index (χ1v) is 10.3. The van der Waals surface area contributed by atoms with Crippen molar-refractivity contribution in [3.05, 3.63) is 71.0 Å². The maximum atomic E-state index is 12.9. The standard InChI is InChI=1S/C24H30N2O3/c1-4-26(5-2)16-19-12-8-7-11-18(19)15-25-24(27)23-21(17-28-6-3)20-13-9-10-14-22(20)29-23/h7-14H,4-6,15-17H2,1-3H3,(H,25,27). The van der Waals surface area contributed by atoms with Crippen LogP contribution in [0.3, 0.4) is 0 Å². The van der Waals surface area contributed by atoms with Gasteiger partial charge in [-0.2, -0.15) is 0 Å². The molecule has 0 fully saturated rings. The minimum Gasteiger partial charge on any atom is -0.451 e. The van der Waals surface area contributed by atoms with E-state index in [2.05, 4.69) is 36.2 Å². The van der Waals surface area contributed by atoms with Crippen LogP contribution in [0.15, 0.2) is 52.9 Å². The number of benzene rings is 2. The number of para-hydroxylation sites is 1. The number of ether oxygens (including phenoxy) is 1. The molecular weight excluding hydrogens is 364 g/mol. The van der Waals surface area contributed by atoms with Crippen molar-refractivity contribution < 1.29 is 13.9 Å². The van der Waals surface area contributed by atoms with Gasteiger partial charge in [-0.25, -0.2) is 0 Å². The van der Waals surface area contributed by atoms with E-state index in [0.717, 1.165) is 36.1 Å². The number of hydrogen-bond donors (Lipinski definition) is 1. The predicted octanol–water partition coefficient (Wildman–Crippen LogP) is 4.74. The largest absolute Gasteiger partial charge is 0.451 e. The lowest BCUT2D eigenvalue weighted by atomic mass is 10.1. The number of amides is 1. The molecule has 1 N–H and O–H groups in total. The van der Waals surface area contributed by atoms with Crippen molar-refractivity contribution in [3.63, 3.8) is 0 Å². The average Bonchev–Trinajstić information content (AvgIpc) is 3.13. The molecule has 0 aliphatic carbocycles. The molecule has 0 bridgehead atoms. The van der Waals surface area contributed by atoms with E-state index < -0.39 is 0 Å². The molecule has 0 atom stereocenters. The van der Waals surface area contributed by atoms with Crippen LogP contribution in [0, 0.1) is 0 Å². The van der Waals surface area contributed by atoms with Gasteiger partial charge in [0, 0.05) is 30.6 Å². The maximum Gasteiger partial charge on any atom is 0.287 e. The van der Waals surface area contributed by atoms with Crippen LogP contribution in [0.5, 0.6) is 0 Å². The van der Waals surface area contributed by atoms with Gasteiger partial charge in [-0.1, -0.05) is 56.3 Å². The van der Waals surface area contributed by atoms with E-state index >= 15 is 0 Å². The van der Waals surface area contributed by atoms with Gasteiger partial charge in [0.2, 0.25) is 0 Å². The lowest BCUT2D eigenvalue weighted by Gasteiger charge is -2.20. The third-order valence-electron chi connectivity index (χ3n) is 5.20. The van der Waals surface area contributed by atoms with E-state index in [1.165, 1.54) is 5.56 Å². The normalized spacial score (nSPS) is 11.3. The molecule has 0 aliphatic rings. The molecule has 0 spiro atoms. The molecule has 29 heavy (non-hydrogen) atoms. The van der Waals surface area contributed by atoms with Crippen LogP contribution in [-0.2, 0) is 24.4 Å². The van der Waals surface area contributed by atoms with E-state index in [1.54, 1.807) is 0 Å². The predicted molar refractivity (Wildman–Crippen MR) is 116 cm³/mol. The van der Waals surface area contributed by atoms with Gasteiger partial charge in [0.25, 0.3) is 5.91 Å². The fraction of sp³-hybridized carbons (Fsp3) is 0.375. The second-order valence-electron chi connectivity index (χ2n) is 6.96. The molecule has 2 aromatic carbocycles. The van der Waals surface area contributed by atoms with Crippen LogP contribution < -0.4 is 5.32 Å². The lowest BCUT2D eigenvalue weighted by Crippen LogP contribution is -2.26. The Kier molecular flexibility index (Phi) is 7.44. The van der Waals surface area contributed by atoms with Crippen molar-refractivity contribution in [2.75, 3.05) is 19.7 Å². The van der Waals surface area contributed by atoms with Crippen LogP contribution in [0.2, 0.25) is 0 Å². The Bertz CT molecular complexity index is 944. The molecular formula is C24H30N2O3. The van der Waals surface area contributed by atoms with Gasteiger partial charge in [0.05, 0.1) is 6.61 Å². The van der Waals surface area contributed by atoms with Gasteiger partial charge in [-0.3, -0.25) is 9.69 Å². The van der Waals surface area contributed by atoms with Crippen molar-refractivity contribution in [3.8, 4) is 0 Å². The van der Waals surface area contributed by atoms with Crippen LogP contribution in [0.4, 0.5) is 0 Å². The number of fused-ring (bicyclic) bond motifs is 1. The van der Waals surface area contributed by atoms with E-state index in [9.17, 15) is 4.79 Å². The summed E-state index contributed by atoms with van der Waals surface area (Å²) in [5.74, 6) is 0.120. The minimum atomic E-state index is -0.214. The third kappa shape index (κ3) is 5.05. The third-order valence-corrected chi connectivity index (χ3v) is 5.20. The first-order chi connectivity index (χ1) is 14.2. The zero-order valence-electron chi connectivity index (χ0n) is 17.5. The Hall–Kier alpha value is -2.63. The van der Waals surface area contributed by atoms with Gasteiger partial charge in [-0.15, -0.1) is 0 Å². The van der Waals surface area contributed by atoms with Gasteiger partial charge in [0.1, 0.15) is 5.58 Å². The first kappa shape index (κ1) is 21.1. The van der Waals surface area contributed by atoms with Gasteiger partial charge in [-0.05, 0) is 37.2 Å². The summed E-state index contributed by atoms with van der Waals surface area (Å²) in [6, 6.07) is 15.9. The summed E-state index contributed by atoms with van der Waals surface area (Å²) in [6.07, 6.45) is 0. The number of carbonyl (C=O) groups excluding carboxylic acids is 1. The minimum absolute atomic E-state index is 0.214. The number of hydrogen-bond acceptors (Lipinski definition) is 4. The summed E-state index contributed by atoms with van der Waals surface area (Å²) in [5, 5.41) is 3.96. The summed E-state index contributed by atoms with van der Waals surface area (Å²) < 4.78 is 11.5. The fourth-order valence-electron chi connectivity index (χ4n) is 3.46. The monoisotopic (exact) mass is 394 g/mol. The van der Waals surface area contributed by atoms with Crippen molar-refractivity contribution in [2.24, 2.45) is 0 Å². The second kappa shape index (κ2) is 10.2. The molecule has 0 aliphatic heterocycles. The molecule has 1 amide bonds. The molecule has 0 radical (unpaired) electrons. The first-order valence-electron chi connectivity index (χ1n) is 10.3. The van der Waals surface area contributed by atoms with Crippen LogP contribution >= 0.6 is 0 Å². The number of furan rings is 1. The summed E-state index contributed by atoms with van der Waals surface area (Å²) in [7, 11) is 0. The molecule has 0 saturated heterocycles. The van der Waals surface area contributed by atoms with E-state index in [4.69, 9.17) is 9.15 Å². The summed E-state index contributed by atoms with van der Waals surface area (Å²) in [4.78, 5) is 15.3. The summed E-state index contributed by atoms with van der Waals surface area (Å²) in [5.41, 5.74) is 3.86. The Morgan fingerprint density at radius 3 is 2.41 bits per heavy atom. The van der Waals surface area contributed by atoms with Crippen LogP contribution in [0.25, 0.3) is 11.0 Å². The van der Waals surface area contributed by atoms with Gasteiger partial charge in [0.15, 0.2) is 5.76 Å². The smallest absolute Gasteiger partial charge is 0.287 e. The van der Waals surface area contributed by atoms with Crippen molar-refractivity contribution in [1.82, 2.24) is 10.2 Å². The molecule has 0 unspecified atom stereocenters. The number of nitrogens with zero attached hydrogens (tertiary/aromatic N) is 1. The SMILES string of the molecule is CCOCc1c(C(=O)NCc2ccccc2CN(CC)CC)oc2ccccc12. The number of nitrogens with one attached hydrogen (secondary N) is 1. The van der Waals surface area contributed by atoms with Gasteiger partial charge < -0.3 is 14.5 Å². The highest BCUT2D eigenvalue weighted by Crippen LogP contribution is 2.26. The van der Waals surface area contributed by atoms with E-state index in [0.29, 0.717) is 31.1 Å². The molecule has 1 heterocycles. The van der Waals surface area contributed by atoms with Crippen LogP contribution in [-0.4, -0.2) is 30.5 Å². The molecule has 1 aromatic heterocycles. The molecule has 5 nitrogen and oxygen atoms in total. The maximum absolute atomic E-state index is 12.9. The fourth-order valence-corrected chi connectivity index (χ4v) is 3.46. The Labute approximate surface area is 172 Å². The van der Waals surface area contributed by atoms with Crippen molar-refractivity contribution in [1.29, 1.82) is 0 Å². The highest BCUT2D eigenvalue weighted by atomic mass is 16.5. The highest BCUT2D eigenvalue weighted by molar-refractivity contribution is 5.99. The molecule has 154 valence electrons. The average molecular weight is 395 g/mol.